The zero-order chi connectivity index (χ0) is 15.6. The van der Waals surface area contributed by atoms with E-state index in [1.165, 1.54) is 5.56 Å². The predicted octanol–water partition coefficient (Wildman–Crippen LogP) is 2.47. The molecule has 4 heteroatoms. The number of piperazine rings is 1. The van der Waals surface area contributed by atoms with Crippen LogP contribution in [-0.4, -0.2) is 35.8 Å². The number of carbonyl (C=O) groups excluding carboxylic acids is 2. The minimum atomic E-state index is -0.390. The molecule has 0 bridgehead atoms. The number of hydrogen-bond donors (Lipinski definition) is 0. The Morgan fingerprint density at radius 1 is 1.29 bits per heavy atom. The highest BCUT2D eigenvalue weighted by Gasteiger charge is 2.36. The molecule has 2 amide bonds. The predicted molar refractivity (Wildman–Crippen MR) is 84.2 cm³/mol. The Morgan fingerprint density at radius 3 is 2.57 bits per heavy atom. The first-order valence-corrected chi connectivity index (χ1v) is 7.67. The Morgan fingerprint density at radius 2 is 1.95 bits per heavy atom. The lowest BCUT2D eigenvalue weighted by Gasteiger charge is -2.40. The Bertz CT molecular complexity index is 539. The van der Waals surface area contributed by atoms with Gasteiger partial charge in [0.15, 0.2) is 0 Å². The van der Waals surface area contributed by atoms with Gasteiger partial charge < -0.3 is 9.80 Å². The zero-order valence-corrected chi connectivity index (χ0v) is 13.3. The number of aryl methyl sites for hydroxylation is 1. The molecule has 1 heterocycles. The summed E-state index contributed by atoms with van der Waals surface area (Å²) in [5, 5.41) is 0. The molecule has 114 valence electrons. The number of hydrogen-bond acceptors (Lipinski definition) is 2. The van der Waals surface area contributed by atoms with Crippen LogP contribution in [0.2, 0.25) is 0 Å². The number of anilines is 1. The van der Waals surface area contributed by atoms with E-state index in [-0.39, 0.29) is 17.7 Å². The summed E-state index contributed by atoms with van der Waals surface area (Å²) in [6, 6.07) is 7.60. The molecular weight excluding hydrogens is 264 g/mol. The molecule has 1 aliphatic rings. The molecule has 1 aliphatic heterocycles. The van der Waals surface area contributed by atoms with Crippen molar-refractivity contribution in [2.45, 2.75) is 40.2 Å². The lowest BCUT2D eigenvalue weighted by molar-refractivity contribution is -0.143. The smallest absolute Gasteiger partial charge is 0.249 e. The fraction of sp³-hybridized carbons (Fsp3) is 0.529. The van der Waals surface area contributed by atoms with Crippen molar-refractivity contribution in [3.63, 3.8) is 0 Å². The van der Waals surface area contributed by atoms with E-state index in [0.29, 0.717) is 13.1 Å². The molecule has 1 aromatic rings. The summed E-state index contributed by atoms with van der Waals surface area (Å²) in [6.45, 7) is 8.83. The Hall–Kier alpha value is -1.84. The van der Waals surface area contributed by atoms with E-state index in [0.717, 1.165) is 12.1 Å². The van der Waals surface area contributed by atoms with Crippen molar-refractivity contribution in [1.29, 1.82) is 0 Å². The van der Waals surface area contributed by atoms with Gasteiger partial charge in [0.1, 0.15) is 6.04 Å². The lowest BCUT2D eigenvalue weighted by Crippen LogP contribution is -2.58. The maximum absolute atomic E-state index is 12.7. The molecule has 21 heavy (non-hydrogen) atoms. The normalized spacial score (nSPS) is 19.3. The Balaban J connectivity index is 2.24. The molecule has 1 aromatic carbocycles. The van der Waals surface area contributed by atoms with Gasteiger partial charge in [-0.25, -0.2) is 0 Å². The van der Waals surface area contributed by atoms with Crippen molar-refractivity contribution in [3.05, 3.63) is 29.8 Å². The van der Waals surface area contributed by atoms with E-state index in [1.54, 1.807) is 4.90 Å². The van der Waals surface area contributed by atoms with Crippen LogP contribution in [0.4, 0.5) is 5.69 Å². The summed E-state index contributed by atoms with van der Waals surface area (Å²) in [5.41, 5.74) is 2.15. The molecule has 0 saturated carbocycles. The number of carbonyl (C=O) groups is 2. The van der Waals surface area contributed by atoms with Crippen molar-refractivity contribution in [3.8, 4) is 0 Å². The van der Waals surface area contributed by atoms with Crippen molar-refractivity contribution >= 4 is 17.5 Å². The summed E-state index contributed by atoms with van der Waals surface area (Å²) in [6.07, 6.45) is 0.892. The lowest BCUT2D eigenvalue weighted by atomic mass is 10.0. The van der Waals surface area contributed by atoms with E-state index < -0.39 is 6.04 Å². The molecule has 0 aliphatic carbocycles. The number of nitrogens with zero attached hydrogens (tertiary/aromatic N) is 2. The van der Waals surface area contributed by atoms with Crippen LogP contribution in [0, 0.1) is 5.92 Å². The molecule has 0 radical (unpaired) electrons. The van der Waals surface area contributed by atoms with Gasteiger partial charge in [0.2, 0.25) is 11.8 Å². The fourth-order valence-electron chi connectivity index (χ4n) is 2.82. The molecule has 0 aromatic heterocycles. The Kier molecular flexibility index (Phi) is 4.66. The third kappa shape index (κ3) is 2.94. The molecule has 2 rings (SSSR count). The molecular formula is C17H24N2O2. The van der Waals surface area contributed by atoms with E-state index >= 15 is 0 Å². The zero-order valence-electron chi connectivity index (χ0n) is 13.3. The van der Waals surface area contributed by atoms with Gasteiger partial charge in [-0.1, -0.05) is 39.0 Å². The quantitative estimate of drug-likeness (QED) is 0.857. The monoisotopic (exact) mass is 288 g/mol. The Labute approximate surface area is 126 Å². The fourth-order valence-corrected chi connectivity index (χ4v) is 2.82. The standard InChI is InChI=1S/C17H24N2O2/c1-5-14-8-6-7-9-15(14)19-11-10-18(13(4)17(19)21)16(20)12(2)3/h6-9,12-13H,5,10-11H2,1-4H3/t13-/m0/s1. The van der Waals surface area contributed by atoms with Gasteiger partial charge in [0.05, 0.1) is 0 Å². The molecule has 0 unspecified atom stereocenters. The summed E-state index contributed by atoms with van der Waals surface area (Å²) in [7, 11) is 0. The van der Waals surface area contributed by atoms with Crippen LogP contribution in [0.25, 0.3) is 0 Å². The van der Waals surface area contributed by atoms with Crippen LogP contribution in [0.15, 0.2) is 24.3 Å². The summed E-state index contributed by atoms with van der Waals surface area (Å²) in [4.78, 5) is 28.4. The van der Waals surface area contributed by atoms with Gasteiger partial charge in [-0.05, 0) is 25.0 Å². The van der Waals surface area contributed by atoms with E-state index in [2.05, 4.69) is 13.0 Å². The number of para-hydroxylation sites is 1. The third-order valence-electron chi connectivity index (χ3n) is 4.10. The van der Waals surface area contributed by atoms with Gasteiger partial charge in [-0.3, -0.25) is 9.59 Å². The molecule has 4 nitrogen and oxygen atoms in total. The van der Waals surface area contributed by atoms with Gasteiger partial charge in [-0.2, -0.15) is 0 Å². The van der Waals surface area contributed by atoms with Gasteiger partial charge in [-0.15, -0.1) is 0 Å². The van der Waals surface area contributed by atoms with Crippen LogP contribution in [0.5, 0.6) is 0 Å². The first-order chi connectivity index (χ1) is 9.97. The maximum atomic E-state index is 12.7. The summed E-state index contributed by atoms with van der Waals surface area (Å²) >= 11 is 0. The van der Waals surface area contributed by atoms with Crippen LogP contribution in [-0.2, 0) is 16.0 Å². The average Bonchev–Trinajstić information content (AvgIpc) is 2.49. The second-order valence-corrected chi connectivity index (χ2v) is 5.83. The second kappa shape index (κ2) is 6.29. The largest absolute Gasteiger partial charge is 0.329 e. The highest BCUT2D eigenvalue weighted by Crippen LogP contribution is 2.25. The third-order valence-corrected chi connectivity index (χ3v) is 4.10. The van der Waals surface area contributed by atoms with Crippen LogP contribution >= 0.6 is 0 Å². The molecule has 0 N–H and O–H groups in total. The average molecular weight is 288 g/mol. The maximum Gasteiger partial charge on any atom is 0.249 e. The number of rotatable bonds is 3. The SMILES string of the molecule is CCc1ccccc1N1CCN(C(=O)C(C)C)[C@@H](C)C1=O. The van der Waals surface area contributed by atoms with Crippen molar-refractivity contribution in [2.24, 2.45) is 5.92 Å². The molecule has 0 spiro atoms. The van der Waals surface area contributed by atoms with Crippen LogP contribution in [0.3, 0.4) is 0 Å². The highest BCUT2D eigenvalue weighted by molar-refractivity contribution is 6.00. The van der Waals surface area contributed by atoms with E-state index in [4.69, 9.17) is 0 Å². The first-order valence-electron chi connectivity index (χ1n) is 7.67. The van der Waals surface area contributed by atoms with Crippen molar-refractivity contribution < 1.29 is 9.59 Å². The minimum absolute atomic E-state index is 0.0103. The topological polar surface area (TPSA) is 40.6 Å². The highest BCUT2D eigenvalue weighted by atomic mass is 16.2. The van der Waals surface area contributed by atoms with E-state index in [1.807, 2.05) is 43.9 Å². The van der Waals surface area contributed by atoms with Crippen LogP contribution < -0.4 is 4.90 Å². The van der Waals surface area contributed by atoms with Crippen molar-refractivity contribution in [1.82, 2.24) is 4.90 Å². The minimum Gasteiger partial charge on any atom is -0.329 e. The van der Waals surface area contributed by atoms with E-state index in [9.17, 15) is 9.59 Å². The summed E-state index contributed by atoms with van der Waals surface area (Å²) < 4.78 is 0. The summed E-state index contributed by atoms with van der Waals surface area (Å²) in [5.74, 6) is -0.00912. The number of amides is 2. The first kappa shape index (κ1) is 15.5. The van der Waals surface area contributed by atoms with Gasteiger partial charge in [0.25, 0.3) is 0 Å². The van der Waals surface area contributed by atoms with Crippen LogP contribution in [0.1, 0.15) is 33.3 Å². The molecule has 1 atom stereocenters. The molecule has 1 fully saturated rings. The molecule has 1 saturated heterocycles. The van der Waals surface area contributed by atoms with Crippen molar-refractivity contribution in [2.75, 3.05) is 18.0 Å². The second-order valence-electron chi connectivity index (χ2n) is 5.83. The number of benzene rings is 1. The van der Waals surface area contributed by atoms with Gasteiger partial charge in [0, 0.05) is 24.7 Å². The van der Waals surface area contributed by atoms with Gasteiger partial charge >= 0.3 is 0 Å².